The molecule has 0 aromatic heterocycles. The highest BCUT2D eigenvalue weighted by molar-refractivity contribution is 6.30. The smallest absolute Gasteiger partial charge is 0.411 e. The van der Waals surface area contributed by atoms with Gasteiger partial charge in [0.2, 0.25) is 0 Å². The maximum absolute atomic E-state index is 12.4. The summed E-state index contributed by atoms with van der Waals surface area (Å²) in [5.41, 5.74) is -0.178. The van der Waals surface area contributed by atoms with E-state index in [0.717, 1.165) is 0 Å². The molecule has 1 heterocycles. The lowest BCUT2D eigenvalue weighted by Gasteiger charge is -2.56. The minimum Gasteiger partial charge on any atom is -0.444 e. The van der Waals surface area contributed by atoms with E-state index >= 15 is 0 Å². The van der Waals surface area contributed by atoms with Gasteiger partial charge in [-0.3, -0.25) is 4.90 Å². The summed E-state index contributed by atoms with van der Waals surface area (Å²) in [5.74, 6) is 0. The molecule has 5 heteroatoms. The van der Waals surface area contributed by atoms with Gasteiger partial charge >= 0.3 is 6.09 Å². The standard InChI is InChI=1S/C17H24ClNO3/c1-16(2,3)22-15(21)19-13(10-17(19,4)5)14(20)11-7-6-8-12(18)9-11/h6-9,13-14,20H,10H2,1-5H3/t13-,14?/m1/s1. The van der Waals surface area contributed by atoms with Crippen LogP contribution < -0.4 is 0 Å². The maximum atomic E-state index is 12.4. The fraction of sp³-hybridized carbons (Fsp3) is 0.588. The van der Waals surface area contributed by atoms with Gasteiger partial charge in [0.15, 0.2) is 0 Å². The highest BCUT2D eigenvalue weighted by atomic mass is 35.5. The molecule has 4 nitrogen and oxygen atoms in total. The normalized spacial score (nSPS) is 22.0. The van der Waals surface area contributed by atoms with E-state index in [4.69, 9.17) is 16.3 Å². The van der Waals surface area contributed by atoms with Crippen LogP contribution in [0.5, 0.6) is 0 Å². The number of carbonyl (C=O) groups is 1. The number of aliphatic hydroxyl groups is 1. The van der Waals surface area contributed by atoms with E-state index in [0.29, 0.717) is 17.0 Å². The van der Waals surface area contributed by atoms with E-state index in [2.05, 4.69) is 0 Å². The summed E-state index contributed by atoms with van der Waals surface area (Å²) in [6.45, 7) is 9.44. The molecule has 1 fully saturated rings. The molecule has 0 aliphatic carbocycles. The lowest BCUT2D eigenvalue weighted by atomic mass is 9.77. The average Bonchev–Trinajstić information content (AvgIpc) is 2.33. The van der Waals surface area contributed by atoms with Crippen LogP contribution in [0.15, 0.2) is 24.3 Å². The maximum Gasteiger partial charge on any atom is 0.411 e. The number of aliphatic hydroxyl groups excluding tert-OH is 1. The Balaban J connectivity index is 2.19. The Labute approximate surface area is 137 Å². The van der Waals surface area contributed by atoms with Gasteiger partial charge < -0.3 is 9.84 Å². The second-order valence-electron chi connectivity index (χ2n) is 7.43. The van der Waals surface area contributed by atoms with Crippen molar-refractivity contribution >= 4 is 17.7 Å². The van der Waals surface area contributed by atoms with Crippen LogP contribution in [-0.4, -0.2) is 33.3 Å². The zero-order valence-electron chi connectivity index (χ0n) is 13.8. The van der Waals surface area contributed by atoms with Gasteiger partial charge in [-0.25, -0.2) is 4.79 Å². The molecule has 1 aliphatic heterocycles. The minimum absolute atomic E-state index is 0.302. The van der Waals surface area contributed by atoms with Gasteiger partial charge in [0.25, 0.3) is 0 Å². The fourth-order valence-corrected chi connectivity index (χ4v) is 3.10. The Bertz CT molecular complexity index is 565. The molecule has 1 saturated heterocycles. The largest absolute Gasteiger partial charge is 0.444 e. The topological polar surface area (TPSA) is 49.8 Å². The van der Waals surface area contributed by atoms with Gasteiger partial charge in [0.05, 0.1) is 12.1 Å². The van der Waals surface area contributed by atoms with Crippen molar-refractivity contribution in [1.82, 2.24) is 4.90 Å². The number of benzene rings is 1. The van der Waals surface area contributed by atoms with E-state index in [1.807, 2.05) is 40.7 Å². The minimum atomic E-state index is -0.778. The molecule has 0 spiro atoms. The summed E-state index contributed by atoms with van der Waals surface area (Å²) in [7, 11) is 0. The van der Waals surface area contributed by atoms with E-state index in [1.165, 1.54) is 0 Å². The van der Waals surface area contributed by atoms with E-state index in [1.54, 1.807) is 23.1 Å². The molecule has 0 radical (unpaired) electrons. The zero-order valence-corrected chi connectivity index (χ0v) is 14.5. The van der Waals surface area contributed by atoms with E-state index in [9.17, 15) is 9.90 Å². The third-order valence-electron chi connectivity index (χ3n) is 3.84. The average molecular weight is 326 g/mol. The van der Waals surface area contributed by atoms with Crippen molar-refractivity contribution in [3.63, 3.8) is 0 Å². The number of likely N-dealkylation sites (tertiary alicyclic amines) is 1. The molecule has 1 N–H and O–H groups in total. The Kier molecular flexibility index (Phi) is 4.46. The van der Waals surface area contributed by atoms with Crippen LogP contribution in [0.2, 0.25) is 5.02 Å². The predicted molar refractivity (Wildman–Crippen MR) is 87.0 cm³/mol. The van der Waals surface area contributed by atoms with Crippen LogP contribution in [0.25, 0.3) is 0 Å². The summed E-state index contributed by atoms with van der Waals surface area (Å²) >= 11 is 5.98. The Morgan fingerprint density at radius 3 is 2.59 bits per heavy atom. The van der Waals surface area contributed by atoms with Gasteiger partial charge in [0, 0.05) is 10.6 Å². The molecule has 122 valence electrons. The number of ether oxygens (including phenoxy) is 1. The third kappa shape index (κ3) is 3.55. The van der Waals surface area contributed by atoms with Gasteiger partial charge in [-0.05, 0) is 58.7 Å². The van der Waals surface area contributed by atoms with E-state index in [-0.39, 0.29) is 11.6 Å². The van der Waals surface area contributed by atoms with Crippen molar-refractivity contribution in [2.75, 3.05) is 0 Å². The Morgan fingerprint density at radius 1 is 1.45 bits per heavy atom. The molecule has 1 aliphatic rings. The van der Waals surface area contributed by atoms with Crippen LogP contribution in [-0.2, 0) is 4.74 Å². The SMILES string of the molecule is CC(C)(C)OC(=O)N1[C@@H](C(O)c2cccc(Cl)c2)CC1(C)C. The first-order valence-electron chi connectivity index (χ1n) is 7.47. The van der Waals surface area contributed by atoms with Crippen molar-refractivity contribution in [2.24, 2.45) is 0 Å². The number of carbonyl (C=O) groups excluding carboxylic acids is 1. The summed E-state index contributed by atoms with van der Waals surface area (Å²) in [4.78, 5) is 14.1. The first-order chi connectivity index (χ1) is 10.0. The summed E-state index contributed by atoms with van der Waals surface area (Å²) in [6.07, 6.45) is -0.464. The zero-order chi connectivity index (χ0) is 16.7. The Morgan fingerprint density at radius 2 is 2.09 bits per heavy atom. The van der Waals surface area contributed by atoms with Gasteiger partial charge in [-0.1, -0.05) is 23.7 Å². The van der Waals surface area contributed by atoms with Crippen LogP contribution in [0.3, 0.4) is 0 Å². The van der Waals surface area contributed by atoms with E-state index < -0.39 is 17.8 Å². The number of amides is 1. The third-order valence-corrected chi connectivity index (χ3v) is 4.07. The molecule has 2 rings (SSSR count). The molecule has 0 saturated carbocycles. The highest BCUT2D eigenvalue weighted by Crippen LogP contribution is 2.43. The molecule has 1 amide bonds. The fourth-order valence-electron chi connectivity index (χ4n) is 2.90. The molecule has 0 bridgehead atoms. The first kappa shape index (κ1) is 17.1. The molecule has 2 atom stereocenters. The van der Waals surface area contributed by atoms with Crippen molar-refractivity contribution < 1.29 is 14.6 Å². The number of rotatable bonds is 2. The summed E-state index contributed by atoms with van der Waals surface area (Å²) in [5, 5.41) is 11.2. The van der Waals surface area contributed by atoms with Crippen molar-refractivity contribution in [2.45, 2.75) is 64.3 Å². The second kappa shape index (κ2) is 5.74. The van der Waals surface area contributed by atoms with Gasteiger partial charge in [-0.15, -0.1) is 0 Å². The first-order valence-corrected chi connectivity index (χ1v) is 7.85. The van der Waals surface area contributed by atoms with Crippen molar-refractivity contribution in [1.29, 1.82) is 0 Å². The van der Waals surface area contributed by atoms with Gasteiger partial charge in [-0.2, -0.15) is 0 Å². The molecule has 1 aromatic carbocycles. The second-order valence-corrected chi connectivity index (χ2v) is 7.87. The lowest BCUT2D eigenvalue weighted by Crippen LogP contribution is -2.67. The number of hydrogen-bond acceptors (Lipinski definition) is 3. The number of hydrogen-bond donors (Lipinski definition) is 1. The lowest BCUT2D eigenvalue weighted by molar-refractivity contribution is -0.105. The monoisotopic (exact) mass is 325 g/mol. The van der Waals surface area contributed by atoms with Crippen LogP contribution in [0, 0.1) is 0 Å². The Hall–Kier alpha value is -1.26. The van der Waals surface area contributed by atoms with Crippen LogP contribution in [0.4, 0.5) is 4.79 Å². The molecular formula is C17H24ClNO3. The summed E-state index contributed by atoms with van der Waals surface area (Å²) in [6, 6.07) is 6.79. The quantitative estimate of drug-likeness (QED) is 0.888. The molecule has 22 heavy (non-hydrogen) atoms. The van der Waals surface area contributed by atoms with Crippen molar-refractivity contribution in [3.05, 3.63) is 34.9 Å². The summed E-state index contributed by atoms with van der Waals surface area (Å²) < 4.78 is 5.47. The van der Waals surface area contributed by atoms with Crippen LogP contribution in [0.1, 0.15) is 52.7 Å². The molecule has 1 aromatic rings. The highest BCUT2D eigenvalue weighted by Gasteiger charge is 2.52. The number of halogens is 1. The molecule has 1 unspecified atom stereocenters. The van der Waals surface area contributed by atoms with Gasteiger partial charge in [0.1, 0.15) is 5.60 Å². The molecular weight excluding hydrogens is 302 g/mol. The van der Waals surface area contributed by atoms with Crippen molar-refractivity contribution in [3.8, 4) is 0 Å². The predicted octanol–water partition coefficient (Wildman–Crippen LogP) is 4.16. The van der Waals surface area contributed by atoms with Crippen LogP contribution >= 0.6 is 11.6 Å². The number of nitrogens with zero attached hydrogens (tertiary/aromatic N) is 1.